The van der Waals surface area contributed by atoms with Gasteiger partial charge in [-0.15, -0.1) is 0 Å². The largest absolute Gasteiger partial charge is 0.496 e. The summed E-state index contributed by atoms with van der Waals surface area (Å²) in [5.74, 6) is -0.343. The fraction of sp³-hybridized carbons (Fsp3) is 0.383. The lowest BCUT2D eigenvalue weighted by Crippen LogP contribution is -2.51. The minimum Gasteiger partial charge on any atom is -0.496 e. The number of likely N-dealkylation sites (tertiary alicyclic amines) is 1. The Labute approximate surface area is 364 Å². The highest BCUT2D eigenvalue weighted by molar-refractivity contribution is 6.17. The summed E-state index contributed by atoms with van der Waals surface area (Å²) in [5.41, 5.74) is 7.06. The van der Waals surface area contributed by atoms with E-state index in [1.807, 2.05) is 48.7 Å². The minimum absolute atomic E-state index is 0.0625. The minimum atomic E-state index is -1.19. The predicted octanol–water partition coefficient (Wildman–Crippen LogP) is 7.14. The van der Waals surface area contributed by atoms with Crippen LogP contribution in [0.15, 0.2) is 85.3 Å². The van der Waals surface area contributed by atoms with E-state index in [-0.39, 0.29) is 24.3 Å². The molecule has 1 saturated carbocycles. The van der Waals surface area contributed by atoms with E-state index in [2.05, 4.69) is 20.9 Å². The summed E-state index contributed by atoms with van der Waals surface area (Å²) in [4.78, 5) is 69.9. The van der Waals surface area contributed by atoms with Crippen molar-refractivity contribution >= 4 is 51.8 Å². The van der Waals surface area contributed by atoms with Gasteiger partial charge in [0, 0.05) is 66.2 Å². The third-order valence-electron chi connectivity index (χ3n) is 11.7. The van der Waals surface area contributed by atoms with Gasteiger partial charge in [0.15, 0.2) is 0 Å². The Bertz CT molecular complexity index is 2490. The summed E-state index contributed by atoms with van der Waals surface area (Å²) < 4.78 is 27.4. The number of carbonyl (C=O) groups is 5. The van der Waals surface area contributed by atoms with Crippen molar-refractivity contribution in [2.45, 2.75) is 84.2 Å². The molecule has 5 N–H and O–H groups in total. The van der Waals surface area contributed by atoms with Gasteiger partial charge < -0.3 is 36.1 Å². The maximum Gasteiger partial charge on any atom is 0.240 e. The van der Waals surface area contributed by atoms with Crippen molar-refractivity contribution in [3.05, 3.63) is 91.1 Å². The molecule has 2 aromatic heterocycles. The summed E-state index contributed by atoms with van der Waals surface area (Å²) in [6.07, 6.45) is 9.45. The van der Waals surface area contributed by atoms with E-state index >= 15 is 0 Å². The molecule has 63 heavy (non-hydrogen) atoms. The van der Waals surface area contributed by atoms with Crippen LogP contribution in [-0.2, 0) is 24.0 Å². The van der Waals surface area contributed by atoms with Gasteiger partial charge in [-0.1, -0.05) is 20.8 Å². The zero-order valence-corrected chi connectivity index (χ0v) is 35.9. The van der Waals surface area contributed by atoms with E-state index in [1.54, 1.807) is 49.8 Å². The van der Waals surface area contributed by atoms with Crippen LogP contribution in [0, 0.1) is 16.6 Å². The lowest BCUT2D eigenvalue weighted by atomic mass is 9.86. The number of fused-ring (bicyclic) bond motifs is 1. The highest BCUT2D eigenvalue weighted by Crippen LogP contribution is 2.48. The number of anilines is 2. The van der Waals surface area contributed by atoms with Crippen molar-refractivity contribution in [1.82, 2.24) is 25.0 Å². The van der Waals surface area contributed by atoms with Gasteiger partial charge in [0.25, 0.3) is 0 Å². The standard InChI is InChI=1S/C47H53FN8O7/c1-46(2,3)42(43(49)59)54-40(57)7-5-6-8-41(58)55-23-18-33(19-24-55)56-28-29(27-51-56)35-25-37-36(26-39(35)62-4)38(17-22-50-37)63-34-15-13-32(14-16-34)53-45(61)47(20-21-47)44(60)52-31-11-9-30(48)10-12-31/h9-17,22,25-28,33,42H,5-8,18-21,23-24H2,1-4H3,(H2,49,59)(H,52,60)(H,53,61)(H,54,57)/t42-/m1/s1. The Hall–Kier alpha value is -6.84. The SMILES string of the molecule is COc1cc2c(Oc3ccc(NC(=O)C4(C(=O)Nc5ccc(F)cc5)CC4)cc3)ccnc2cc1-c1cnn(C2CCN(C(=O)CCCCC(=O)N[C@H](C(N)=O)C(C)(C)C)CC2)c1. The number of rotatable bonds is 16. The molecule has 1 aliphatic carbocycles. The van der Waals surface area contributed by atoms with Crippen LogP contribution < -0.4 is 31.2 Å². The Morgan fingerprint density at radius 2 is 1.52 bits per heavy atom. The van der Waals surface area contributed by atoms with Crippen LogP contribution in [0.1, 0.15) is 78.2 Å². The maximum absolute atomic E-state index is 13.3. The van der Waals surface area contributed by atoms with Gasteiger partial charge in [0.1, 0.15) is 34.5 Å². The first kappa shape index (κ1) is 44.2. The molecule has 1 saturated heterocycles. The molecule has 15 nitrogen and oxygen atoms in total. The van der Waals surface area contributed by atoms with Gasteiger partial charge in [-0.05, 0) is 111 Å². The number of pyridine rings is 1. The smallest absolute Gasteiger partial charge is 0.240 e. The van der Waals surface area contributed by atoms with Crippen LogP contribution in [0.5, 0.6) is 17.2 Å². The average molecular weight is 861 g/mol. The summed E-state index contributed by atoms with van der Waals surface area (Å²) in [6, 6.07) is 17.2. The van der Waals surface area contributed by atoms with Gasteiger partial charge in [-0.3, -0.25) is 33.6 Å². The Morgan fingerprint density at radius 3 is 2.13 bits per heavy atom. The molecule has 2 aliphatic rings. The van der Waals surface area contributed by atoms with Crippen LogP contribution in [0.2, 0.25) is 0 Å². The zero-order valence-electron chi connectivity index (χ0n) is 35.9. The number of hydrogen-bond acceptors (Lipinski definition) is 9. The lowest BCUT2D eigenvalue weighted by molar-refractivity contribution is -0.133. The number of nitrogens with two attached hydrogens (primary N) is 1. The van der Waals surface area contributed by atoms with Gasteiger partial charge in [-0.25, -0.2) is 4.39 Å². The van der Waals surface area contributed by atoms with Gasteiger partial charge >= 0.3 is 0 Å². The first-order chi connectivity index (χ1) is 30.1. The quantitative estimate of drug-likeness (QED) is 0.0588. The van der Waals surface area contributed by atoms with Crippen molar-refractivity contribution in [1.29, 1.82) is 0 Å². The van der Waals surface area contributed by atoms with Crippen molar-refractivity contribution in [3.8, 4) is 28.4 Å². The summed E-state index contributed by atoms with van der Waals surface area (Å²) in [7, 11) is 1.60. The van der Waals surface area contributed by atoms with Crippen molar-refractivity contribution < 1.29 is 37.8 Å². The van der Waals surface area contributed by atoms with E-state index in [0.717, 1.165) is 29.4 Å². The molecule has 3 aromatic carbocycles. The first-order valence-corrected chi connectivity index (χ1v) is 21.2. The van der Waals surface area contributed by atoms with Crippen LogP contribution in [-0.4, -0.2) is 75.4 Å². The topological polar surface area (TPSA) is 200 Å². The van der Waals surface area contributed by atoms with Crippen LogP contribution in [0.4, 0.5) is 15.8 Å². The number of nitrogens with one attached hydrogen (secondary N) is 3. The molecule has 1 atom stereocenters. The monoisotopic (exact) mass is 860 g/mol. The molecule has 0 unspecified atom stereocenters. The van der Waals surface area contributed by atoms with Crippen LogP contribution in [0.25, 0.3) is 22.0 Å². The fourth-order valence-corrected chi connectivity index (χ4v) is 7.81. The number of primary amides is 1. The number of unbranched alkanes of at least 4 members (excludes halogenated alkanes) is 1. The number of nitrogens with zero attached hydrogens (tertiary/aromatic N) is 4. The van der Waals surface area contributed by atoms with Gasteiger partial charge in [0.2, 0.25) is 29.5 Å². The van der Waals surface area contributed by atoms with E-state index in [1.165, 1.54) is 24.3 Å². The Kier molecular flexibility index (Phi) is 13.1. The normalized spacial score (nSPS) is 15.3. The number of halogens is 1. The van der Waals surface area contributed by atoms with Crippen molar-refractivity contribution in [3.63, 3.8) is 0 Å². The lowest BCUT2D eigenvalue weighted by Gasteiger charge is -2.32. The van der Waals surface area contributed by atoms with Gasteiger partial charge in [0.05, 0.1) is 24.9 Å². The van der Waals surface area contributed by atoms with E-state index in [0.29, 0.717) is 79.3 Å². The van der Waals surface area contributed by atoms with Gasteiger partial charge in [-0.2, -0.15) is 5.10 Å². The molecule has 0 spiro atoms. The number of methoxy groups -OCH3 is 1. The number of amides is 5. The molecular formula is C47H53FN8O7. The molecule has 7 rings (SSSR count). The van der Waals surface area contributed by atoms with E-state index in [4.69, 9.17) is 20.3 Å². The maximum atomic E-state index is 13.3. The molecule has 1 aliphatic heterocycles. The molecule has 5 amide bonds. The molecule has 0 bridgehead atoms. The first-order valence-electron chi connectivity index (χ1n) is 21.2. The molecule has 2 fully saturated rings. The number of carbonyl (C=O) groups excluding carboxylic acids is 5. The van der Waals surface area contributed by atoms with Crippen molar-refractivity contribution in [2.24, 2.45) is 16.6 Å². The predicted molar refractivity (Wildman–Crippen MR) is 235 cm³/mol. The van der Waals surface area contributed by atoms with Crippen LogP contribution >= 0.6 is 0 Å². The highest BCUT2D eigenvalue weighted by atomic mass is 19.1. The summed E-state index contributed by atoms with van der Waals surface area (Å²) in [5, 5.41) is 13.7. The number of aromatic nitrogens is 3. The molecule has 5 aromatic rings. The van der Waals surface area contributed by atoms with Crippen molar-refractivity contribution in [2.75, 3.05) is 30.8 Å². The van der Waals surface area contributed by atoms with Crippen LogP contribution in [0.3, 0.4) is 0 Å². The van der Waals surface area contributed by atoms with E-state index in [9.17, 15) is 28.4 Å². The molecular weight excluding hydrogens is 808 g/mol. The number of piperidine rings is 1. The Balaban J connectivity index is 0.916. The Morgan fingerprint density at radius 1 is 0.889 bits per heavy atom. The molecule has 0 radical (unpaired) electrons. The number of hydrogen-bond donors (Lipinski definition) is 4. The molecule has 16 heteroatoms. The zero-order chi connectivity index (χ0) is 44.9. The average Bonchev–Trinajstić information content (AvgIpc) is 3.94. The summed E-state index contributed by atoms with van der Waals surface area (Å²) in [6.45, 7) is 6.74. The summed E-state index contributed by atoms with van der Waals surface area (Å²) >= 11 is 0. The third-order valence-corrected chi connectivity index (χ3v) is 11.7. The highest BCUT2D eigenvalue weighted by Gasteiger charge is 2.56. The number of ether oxygens (including phenoxy) is 2. The number of benzene rings is 3. The molecule has 330 valence electrons. The molecule has 3 heterocycles. The second-order valence-corrected chi connectivity index (χ2v) is 17.3. The van der Waals surface area contributed by atoms with E-state index < -0.39 is 40.4 Å². The second-order valence-electron chi connectivity index (χ2n) is 17.3. The third kappa shape index (κ3) is 10.4. The second kappa shape index (κ2) is 18.6. The fourth-order valence-electron chi connectivity index (χ4n) is 7.81.